The molecule has 0 atom stereocenters. The van der Waals surface area contributed by atoms with E-state index in [1.807, 2.05) is 30.0 Å². The molecule has 2 aliphatic rings. The van der Waals surface area contributed by atoms with Crippen LogP contribution in [0.25, 0.3) is 5.69 Å². The van der Waals surface area contributed by atoms with E-state index in [0.717, 1.165) is 55.3 Å². The van der Waals surface area contributed by atoms with Crippen LogP contribution >= 0.6 is 0 Å². The molecule has 2 aromatic heterocycles. The monoisotopic (exact) mass is 401 g/mol. The second-order valence-electron chi connectivity index (χ2n) is 8.04. The molecular weight excluding hydrogens is 378 g/mol. The van der Waals surface area contributed by atoms with E-state index in [0.29, 0.717) is 30.3 Å². The Morgan fingerprint density at radius 1 is 1.17 bits per heavy atom. The van der Waals surface area contributed by atoms with E-state index >= 15 is 0 Å². The van der Waals surface area contributed by atoms with Crippen molar-refractivity contribution >= 4 is 5.91 Å². The zero-order valence-corrected chi connectivity index (χ0v) is 17.0. The molecule has 1 fully saturated rings. The van der Waals surface area contributed by atoms with Crippen LogP contribution < -0.4 is 0 Å². The number of carbonyl (C=O) groups excluding carboxylic acids is 1. The molecule has 0 spiro atoms. The standard InChI is InChI=1S/C22H23N7O/c1-15-12-19(26-29(15)18-5-2-4-16(13-18)14-23)22(30)27-10-7-17(8-11-27)21-25-24-20-6-3-9-28(20)21/h2,4-5,12-13,17H,3,6-11H2,1H3. The average Bonchev–Trinajstić information content (AvgIpc) is 3.49. The summed E-state index contributed by atoms with van der Waals surface area (Å²) in [4.78, 5) is 14.9. The van der Waals surface area contributed by atoms with Crippen molar-refractivity contribution in [1.82, 2.24) is 29.4 Å². The van der Waals surface area contributed by atoms with Gasteiger partial charge >= 0.3 is 0 Å². The van der Waals surface area contributed by atoms with Crippen molar-refractivity contribution in [3.8, 4) is 11.8 Å². The zero-order chi connectivity index (χ0) is 20.7. The van der Waals surface area contributed by atoms with E-state index in [1.54, 1.807) is 16.8 Å². The average molecular weight is 401 g/mol. The third kappa shape index (κ3) is 3.16. The number of benzene rings is 1. The van der Waals surface area contributed by atoms with Crippen molar-refractivity contribution in [3.05, 3.63) is 58.9 Å². The minimum absolute atomic E-state index is 0.0433. The Morgan fingerprint density at radius 3 is 2.80 bits per heavy atom. The van der Waals surface area contributed by atoms with E-state index in [-0.39, 0.29) is 5.91 Å². The fraction of sp³-hybridized carbons (Fsp3) is 0.409. The van der Waals surface area contributed by atoms with Gasteiger partial charge in [0.05, 0.1) is 17.3 Å². The van der Waals surface area contributed by atoms with Gasteiger partial charge in [0.15, 0.2) is 5.69 Å². The topological polar surface area (TPSA) is 92.6 Å². The van der Waals surface area contributed by atoms with Crippen LogP contribution in [0.15, 0.2) is 30.3 Å². The third-order valence-corrected chi connectivity index (χ3v) is 6.11. The molecule has 8 heteroatoms. The fourth-order valence-corrected chi connectivity index (χ4v) is 4.53. The van der Waals surface area contributed by atoms with Crippen molar-refractivity contribution in [3.63, 3.8) is 0 Å². The van der Waals surface area contributed by atoms with Crippen LogP contribution in [0.3, 0.4) is 0 Å². The Balaban J connectivity index is 1.30. The highest BCUT2D eigenvalue weighted by atomic mass is 16.2. The van der Waals surface area contributed by atoms with E-state index in [2.05, 4.69) is 25.9 Å². The maximum atomic E-state index is 13.1. The molecule has 1 saturated heterocycles. The Morgan fingerprint density at radius 2 is 2.00 bits per heavy atom. The largest absolute Gasteiger partial charge is 0.337 e. The summed E-state index contributed by atoms with van der Waals surface area (Å²) in [5.41, 5.74) is 2.65. The minimum atomic E-state index is -0.0433. The fourth-order valence-electron chi connectivity index (χ4n) is 4.53. The maximum Gasteiger partial charge on any atom is 0.274 e. The van der Waals surface area contributed by atoms with Gasteiger partial charge in [-0.1, -0.05) is 6.07 Å². The Bertz CT molecular complexity index is 1140. The second-order valence-corrected chi connectivity index (χ2v) is 8.04. The van der Waals surface area contributed by atoms with Gasteiger partial charge in [0, 0.05) is 37.7 Å². The van der Waals surface area contributed by atoms with Crippen LogP contribution in [-0.4, -0.2) is 48.4 Å². The highest BCUT2D eigenvalue weighted by Crippen LogP contribution is 2.30. The lowest BCUT2D eigenvalue weighted by Gasteiger charge is -2.31. The number of aryl methyl sites for hydroxylation is 2. The van der Waals surface area contributed by atoms with Gasteiger partial charge < -0.3 is 9.47 Å². The molecule has 152 valence electrons. The summed E-state index contributed by atoms with van der Waals surface area (Å²) in [6, 6.07) is 11.2. The summed E-state index contributed by atoms with van der Waals surface area (Å²) in [6.07, 6.45) is 3.96. The van der Waals surface area contributed by atoms with Gasteiger partial charge in [-0.15, -0.1) is 10.2 Å². The number of fused-ring (bicyclic) bond motifs is 1. The van der Waals surface area contributed by atoms with Crippen molar-refractivity contribution < 1.29 is 4.79 Å². The van der Waals surface area contributed by atoms with Gasteiger partial charge in [0.2, 0.25) is 0 Å². The molecule has 5 rings (SSSR count). The number of nitrogens with zero attached hydrogens (tertiary/aromatic N) is 7. The van der Waals surface area contributed by atoms with Crippen molar-refractivity contribution in [2.45, 2.75) is 45.1 Å². The molecule has 0 unspecified atom stereocenters. The number of piperidine rings is 1. The van der Waals surface area contributed by atoms with Crippen LogP contribution in [0.4, 0.5) is 0 Å². The Kier molecular flexibility index (Phi) is 4.58. The van der Waals surface area contributed by atoms with Crippen LogP contribution in [-0.2, 0) is 13.0 Å². The lowest BCUT2D eigenvalue weighted by molar-refractivity contribution is 0.0704. The molecule has 4 heterocycles. The lowest BCUT2D eigenvalue weighted by Crippen LogP contribution is -2.38. The number of likely N-dealkylation sites (tertiary alicyclic amines) is 1. The SMILES string of the molecule is Cc1cc(C(=O)N2CCC(c3nnc4n3CCC4)CC2)nn1-c1cccc(C#N)c1. The summed E-state index contributed by atoms with van der Waals surface area (Å²) in [5, 5.41) is 22.4. The lowest BCUT2D eigenvalue weighted by atomic mass is 9.95. The number of aromatic nitrogens is 5. The summed E-state index contributed by atoms with van der Waals surface area (Å²) >= 11 is 0. The van der Waals surface area contributed by atoms with Gasteiger partial charge in [0.1, 0.15) is 11.6 Å². The van der Waals surface area contributed by atoms with Gasteiger partial charge in [-0.2, -0.15) is 10.4 Å². The molecule has 3 aromatic rings. The van der Waals surface area contributed by atoms with Gasteiger partial charge in [-0.3, -0.25) is 4.79 Å². The maximum absolute atomic E-state index is 13.1. The number of hydrogen-bond donors (Lipinski definition) is 0. The van der Waals surface area contributed by atoms with E-state index in [9.17, 15) is 4.79 Å². The second kappa shape index (κ2) is 7.41. The van der Waals surface area contributed by atoms with Crippen molar-refractivity contribution in [1.29, 1.82) is 5.26 Å². The van der Waals surface area contributed by atoms with Crippen molar-refractivity contribution in [2.24, 2.45) is 0 Å². The van der Waals surface area contributed by atoms with Gasteiger partial charge in [-0.25, -0.2) is 4.68 Å². The Hall–Kier alpha value is -3.47. The molecule has 2 aliphatic heterocycles. The highest BCUT2D eigenvalue weighted by molar-refractivity contribution is 5.92. The van der Waals surface area contributed by atoms with Gasteiger partial charge in [0.25, 0.3) is 5.91 Å². The molecule has 0 aliphatic carbocycles. The molecule has 0 saturated carbocycles. The van der Waals surface area contributed by atoms with E-state index < -0.39 is 0 Å². The molecular formula is C22H23N7O. The number of carbonyl (C=O) groups is 1. The van der Waals surface area contributed by atoms with Crippen LogP contribution in [0.2, 0.25) is 0 Å². The number of nitriles is 1. The molecule has 8 nitrogen and oxygen atoms in total. The molecule has 1 amide bonds. The van der Waals surface area contributed by atoms with Crippen LogP contribution in [0, 0.1) is 18.3 Å². The quantitative estimate of drug-likeness (QED) is 0.673. The van der Waals surface area contributed by atoms with E-state index in [1.165, 1.54) is 0 Å². The Labute approximate surface area is 174 Å². The molecule has 0 radical (unpaired) electrons. The third-order valence-electron chi connectivity index (χ3n) is 6.11. The number of amides is 1. The zero-order valence-electron chi connectivity index (χ0n) is 17.0. The smallest absolute Gasteiger partial charge is 0.274 e. The first-order chi connectivity index (χ1) is 14.6. The highest BCUT2D eigenvalue weighted by Gasteiger charge is 2.30. The first kappa shape index (κ1) is 18.6. The predicted octanol–water partition coefficient (Wildman–Crippen LogP) is 2.61. The first-order valence-corrected chi connectivity index (χ1v) is 10.4. The van der Waals surface area contributed by atoms with Crippen LogP contribution in [0.1, 0.15) is 58.6 Å². The van der Waals surface area contributed by atoms with Crippen LogP contribution in [0.5, 0.6) is 0 Å². The molecule has 1 aromatic carbocycles. The summed E-state index contributed by atoms with van der Waals surface area (Å²) in [7, 11) is 0. The number of hydrogen-bond acceptors (Lipinski definition) is 5. The molecule has 0 bridgehead atoms. The van der Waals surface area contributed by atoms with Gasteiger partial charge in [-0.05, 0) is 50.5 Å². The summed E-state index contributed by atoms with van der Waals surface area (Å²) in [6.45, 7) is 4.32. The summed E-state index contributed by atoms with van der Waals surface area (Å²) in [5.74, 6) is 2.51. The van der Waals surface area contributed by atoms with Crippen molar-refractivity contribution in [2.75, 3.05) is 13.1 Å². The summed E-state index contributed by atoms with van der Waals surface area (Å²) < 4.78 is 3.99. The minimum Gasteiger partial charge on any atom is -0.337 e. The molecule has 0 N–H and O–H groups in total. The van der Waals surface area contributed by atoms with E-state index in [4.69, 9.17) is 5.26 Å². The molecule has 30 heavy (non-hydrogen) atoms. The normalized spacial score (nSPS) is 16.5. The first-order valence-electron chi connectivity index (χ1n) is 10.4. The number of rotatable bonds is 3. The predicted molar refractivity (Wildman–Crippen MR) is 109 cm³/mol.